The van der Waals surface area contributed by atoms with E-state index in [1.165, 1.54) is 28.7 Å². The number of hydrogen-bond donors (Lipinski definition) is 1. The summed E-state index contributed by atoms with van der Waals surface area (Å²) >= 11 is 6.10. The first-order valence-corrected chi connectivity index (χ1v) is 11.5. The predicted molar refractivity (Wildman–Crippen MR) is 106 cm³/mol. The molecule has 9 heteroatoms. The summed E-state index contributed by atoms with van der Waals surface area (Å²) in [5, 5.41) is 8.24. The summed E-state index contributed by atoms with van der Waals surface area (Å²) in [7, 11) is -3.53. The lowest BCUT2D eigenvalue weighted by atomic mass is 10.2. The average molecular weight is 456 g/mol. The van der Waals surface area contributed by atoms with E-state index in [-0.39, 0.29) is 10.9 Å². The second-order valence-electron chi connectivity index (χ2n) is 5.14. The first-order chi connectivity index (χ1) is 12.0. The minimum absolute atomic E-state index is 0.113. The maximum Gasteiger partial charge on any atom is 0.238 e. The van der Waals surface area contributed by atoms with Crippen molar-refractivity contribution < 1.29 is 8.42 Å². The van der Waals surface area contributed by atoms with E-state index in [1.54, 1.807) is 18.2 Å². The van der Waals surface area contributed by atoms with E-state index < -0.39 is 10.0 Å². The van der Waals surface area contributed by atoms with Crippen LogP contribution in [0.4, 0.5) is 5.13 Å². The minimum atomic E-state index is -3.53. The fraction of sp³-hybridized carbons (Fsp3) is 0.125. The monoisotopic (exact) mass is 455 g/mol. The van der Waals surface area contributed by atoms with Gasteiger partial charge in [-0.3, -0.25) is 4.72 Å². The molecule has 0 amide bonds. The Morgan fingerprint density at radius 3 is 2.56 bits per heavy atom. The van der Waals surface area contributed by atoms with Gasteiger partial charge < -0.3 is 0 Å². The van der Waals surface area contributed by atoms with Crippen LogP contribution in [-0.2, 0) is 21.5 Å². The third-order valence-corrected chi connectivity index (χ3v) is 6.98. The summed E-state index contributed by atoms with van der Waals surface area (Å²) in [6.07, 6.45) is 0. The molecule has 0 saturated heterocycles. The maximum atomic E-state index is 12.3. The van der Waals surface area contributed by atoms with Crippen molar-refractivity contribution in [2.24, 2.45) is 0 Å². The lowest BCUT2D eigenvalue weighted by Gasteiger charge is -2.05. The number of thioether (sulfide) groups is 1. The van der Waals surface area contributed by atoms with Gasteiger partial charge in [0.2, 0.25) is 15.2 Å². The highest BCUT2D eigenvalue weighted by Gasteiger charge is 2.15. The van der Waals surface area contributed by atoms with Crippen LogP contribution in [0.1, 0.15) is 11.1 Å². The van der Waals surface area contributed by atoms with E-state index >= 15 is 0 Å². The fourth-order valence-electron chi connectivity index (χ4n) is 2.04. The van der Waals surface area contributed by atoms with E-state index in [2.05, 4.69) is 30.8 Å². The van der Waals surface area contributed by atoms with E-state index in [0.29, 0.717) is 5.56 Å². The zero-order chi connectivity index (χ0) is 17.7. The Bertz CT molecular complexity index is 946. The Labute approximate surface area is 163 Å². The van der Waals surface area contributed by atoms with Crippen molar-refractivity contribution >= 4 is 54.2 Å². The zero-order valence-electron chi connectivity index (χ0n) is 12.9. The van der Waals surface area contributed by atoms with Crippen molar-refractivity contribution in [2.45, 2.75) is 15.8 Å². The van der Waals surface area contributed by atoms with Gasteiger partial charge in [-0.05, 0) is 23.3 Å². The quantitative estimate of drug-likeness (QED) is 0.529. The van der Waals surface area contributed by atoms with Gasteiger partial charge in [0.1, 0.15) is 0 Å². The van der Waals surface area contributed by atoms with Crippen LogP contribution in [0, 0.1) is 0 Å². The summed E-state index contributed by atoms with van der Waals surface area (Å²) in [5.41, 5.74) is 1.88. The van der Waals surface area contributed by atoms with Gasteiger partial charge in [-0.15, -0.1) is 10.2 Å². The molecule has 0 aliphatic rings. The lowest BCUT2D eigenvalue weighted by molar-refractivity contribution is 0.600. The van der Waals surface area contributed by atoms with Crippen molar-refractivity contribution in [3.8, 4) is 0 Å². The molecule has 1 N–H and O–H groups in total. The number of nitrogens with one attached hydrogen (secondary N) is 1. The second kappa shape index (κ2) is 8.31. The van der Waals surface area contributed by atoms with Crippen LogP contribution >= 0.6 is 39.0 Å². The highest BCUT2D eigenvalue weighted by molar-refractivity contribution is 9.10. The summed E-state index contributed by atoms with van der Waals surface area (Å²) < 4.78 is 28.6. The summed E-state index contributed by atoms with van der Waals surface area (Å²) in [6, 6.07) is 17.2. The van der Waals surface area contributed by atoms with Gasteiger partial charge in [-0.2, -0.15) is 0 Å². The standard InChI is InChI=1S/C16H14BrN3O2S3/c17-14-8-4-7-13(9-14)11-25(21,22)20-15-18-19-16(24-15)23-10-12-5-2-1-3-6-12/h1-9H,10-11H2,(H,18,20). The van der Waals surface area contributed by atoms with Crippen LogP contribution in [0.15, 0.2) is 63.4 Å². The van der Waals surface area contributed by atoms with Gasteiger partial charge in [-0.25, -0.2) is 8.42 Å². The molecule has 0 aliphatic heterocycles. The Kier molecular flexibility index (Phi) is 6.10. The minimum Gasteiger partial charge on any atom is -0.257 e. The van der Waals surface area contributed by atoms with E-state index in [4.69, 9.17) is 0 Å². The Balaban J connectivity index is 1.60. The molecule has 0 spiro atoms. The molecular weight excluding hydrogens is 442 g/mol. The number of anilines is 1. The molecule has 130 valence electrons. The smallest absolute Gasteiger partial charge is 0.238 e. The molecule has 0 atom stereocenters. The van der Waals surface area contributed by atoms with Gasteiger partial charge in [0.25, 0.3) is 0 Å². The van der Waals surface area contributed by atoms with Crippen molar-refractivity contribution in [1.29, 1.82) is 0 Å². The molecular formula is C16H14BrN3O2S3. The van der Waals surface area contributed by atoms with Crippen molar-refractivity contribution in [1.82, 2.24) is 10.2 Å². The van der Waals surface area contributed by atoms with E-state index in [9.17, 15) is 8.42 Å². The third-order valence-electron chi connectivity index (χ3n) is 3.10. The number of sulfonamides is 1. The van der Waals surface area contributed by atoms with Crippen LogP contribution in [0.2, 0.25) is 0 Å². The summed E-state index contributed by atoms with van der Waals surface area (Å²) in [6.45, 7) is 0. The fourth-order valence-corrected chi connectivity index (χ4v) is 5.59. The number of nitrogens with zero attached hydrogens (tertiary/aromatic N) is 2. The lowest BCUT2D eigenvalue weighted by Crippen LogP contribution is -2.14. The molecule has 2 aromatic carbocycles. The third kappa shape index (κ3) is 5.81. The largest absolute Gasteiger partial charge is 0.257 e. The molecule has 5 nitrogen and oxygen atoms in total. The molecule has 0 fully saturated rings. The van der Waals surface area contributed by atoms with Gasteiger partial charge in [0.15, 0.2) is 4.34 Å². The van der Waals surface area contributed by atoms with Crippen LogP contribution in [0.5, 0.6) is 0 Å². The van der Waals surface area contributed by atoms with Crippen LogP contribution in [0.3, 0.4) is 0 Å². The van der Waals surface area contributed by atoms with E-state index in [0.717, 1.165) is 14.6 Å². The molecule has 3 rings (SSSR count). The first kappa shape index (κ1) is 18.4. The van der Waals surface area contributed by atoms with E-state index in [1.807, 2.05) is 36.4 Å². The molecule has 1 aromatic heterocycles. The molecule has 3 aromatic rings. The van der Waals surface area contributed by atoms with Crippen LogP contribution in [-0.4, -0.2) is 18.6 Å². The number of aromatic nitrogens is 2. The topological polar surface area (TPSA) is 72.0 Å². The number of benzene rings is 2. The normalized spacial score (nSPS) is 11.4. The Morgan fingerprint density at radius 2 is 1.80 bits per heavy atom. The second-order valence-corrected chi connectivity index (χ2v) is 9.98. The Hall–Kier alpha value is -1.42. The van der Waals surface area contributed by atoms with Crippen molar-refractivity contribution in [3.63, 3.8) is 0 Å². The molecule has 25 heavy (non-hydrogen) atoms. The van der Waals surface area contributed by atoms with Gasteiger partial charge >= 0.3 is 0 Å². The van der Waals surface area contributed by atoms with Crippen LogP contribution in [0.25, 0.3) is 0 Å². The van der Waals surface area contributed by atoms with Gasteiger partial charge in [0.05, 0.1) is 5.75 Å². The average Bonchev–Trinajstić information content (AvgIpc) is 3.00. The highest BCUT2D eigenvalue weighted by atomic mass is 79.9. The predicted octanol–water partition coefficient (Wildman–Crippen LogP) is 4.53. The van der Waals surface area contributed by atoms with Gasteiger partial charge in [-0.1, -0.05) is 81.5 Å². The molecule has 0 bridgehead atoms. The summed E-state index contributed by atoms with van der Waals surface area (Å²) in [5.74, 6) is 0.652. The first-order valence-electron chi connectivity index (χ1n) is 7.25. The number of halogens is 1. The molecule has 0 unspecified atom stereocenters. The molecule has 1 heterocycles. The maximum absolute atomic E-state index is 12.3. The molecule has 0 aliphatic carbocycles. The highest BCUT2D eigenvalue weighted by Crippen LogP contribution is 2.29. The zero-order valence-corrected chi connectivity index (χ0v) is 17.0. The Morgan fingerprint density at radius 1 is 1.04 bits per heavy atom. The van der Waals surface area contributed by atoms with Crippen LogP contribution < -0.4 is 4.72 Å². The van der Waals surface area contributed by atoms with Crippen molar-refractivity contribution in [3.05, 3.63) is 70.2 Å². The number of hydrogen-bond acceptors (Lipinski definition) is 6. The summed E-state index contributed by atoms with van der Waals surface area (Å²) in [4.78, 5) is 0. The number of rotatable bonds is 7. The molecule has 0 radical (unpaired) electrons. The SMILES string of the molecule is O=S(=O)(Cc1cccc(Br)c1)Nc1nnc(SCc2ccccc2)s1. The van der Waals surface area contributed by atoms with Gasteiger partial charge in [0, 0.05) is 10.2 Å². The van der Waals surface area contributed by atoms with Crippen molar-refractivity contribution in [2.75, 3.05) is 4.72 Å². The molecule has 0 saturated carbocycles.